The molecule has 0 radical (unpaired) electrons. The molecular formula is C17H27FN2. The van der Waals surface area contributed by atoms with Crippen LogP contribution in [0, 0.1) is 11.7 Å². The van der Waals surface area contributed by atoms with Crippen LogP contribution in [0.2, 0.25) is 0 Å². The van der Waals surface area contributed by atoms with Crippen LogP contribution in [0.5, 0.6) is 0 Å². The minimum atomic E-state index is -0.117. The summed E-state index contributed by atoms with van der Waals surface area (Å²) in [5, 5.41) is 3.45. The first-order chi connectivity index (χ1) is 9.29. The molecule has 2 rings (SSSR count). The average Bonchev–Trinajstić information content (AvgIpc) is 3.18. The molecule has 0 aliphatic heterocycles. The molecule has 0 aromatic heterocycles. The summed E-state index contributed by atoms with van der Waals surface area (Å²) >= 11 is 0. The Kier molecular flexibility index (Phi) is 4.38. The smallest absolute Gasteiger partial charge is 0.146 e. The summed E-state index contributed by atoms with van der Waals surface area (Å²) in [4.78, 5) is 2.12. The molecular weight excluding hydrogens is 251 g/mol. The Hall–Kier alpha value is -1.09. The second-order valence-corrected chi connectivity index (χ2v) is 7.04. The van der Waals surface area contributed by atoms with Gasteiger partial charge in [-0.3, -0.25) is 0 Å². The SMILES string of the molecule is CC(C1CC1)N(C)c1c(F)cccc1CNC(C)(C)C. The third kappa shape index (κ3) is 3.72. The van der Waals surface area contributed by atoms with Gasteiger partial charge in [-0.05, 0) is 58.1 Å². The van der Waals surface area contributed by atoms with Crippen LogP contribution < -0.4 is 10.2 Å². The monoisotopic (exact) mass is 278 g/mol. The van der Waals surface area contributed by atoms with E-state index in [1.54, 1.807) is 12.1 Å². The molecule has 1 aromatic rings. The van der Waals surface area contributed by atoms with Gasteiger partial charge in [0.15, 0.2) is 0 Å². The van der Waals surface area contributed by atoms with E-state index in [4.69, 9.17) is 0 Å². The highest BCUT2D eigenvalue weighted by Crippen LogP contribution is 2.37. The molecule has 3 heteroatoms. The number of nitrogens with zero attached hydrogens (tertiary/aromatic N) is 1. The van der Waals surface area contributed by atoms with Gasteiger partial charge < -0.3 is 10.2 Å². The van der Waals surface area contributed by atoms with E-state index < -0.39 is 0 Å². The van der Waals surface area contributed by atoms with Crippen LogP contribution in [0.25, 0.3) is 0 Å². The first-order valence-electron chi connectivity index (χ1n) is 7.55. The molecule has 0 heterocycles. The second-order valence-electron chi connectivity index (χ2n) is 7.04. The topological polar surface area (TPSA) is 15.3 Å². The van der Waals surface area contributed by atoms with Gasteiger partial charge in [0, 0.05) is 25.2 Å². The van der Waals surface area contributed by atoms with Crippen molar-refractivity contribution in [3.05, 3.63) is 29.6 Å². The first kappa shape index (κ1) is 15.3. The standard InChI is InChI=1S/C17H27FN2/c1-12(13-9-10-13)20(5)16-14(7-6-8-15(16)18)11-19-17(2,3)4/h6-8,12-13,19H,9-11H2,1-5H3. The third-order valence-electron chi connectivity index (χ3n) is 4.15. The molecule has 1 fully saturated rings. The number of nitrogens with one attached hydrogen (secondary N) is 1. The summed E-state index contributed by atoms with van der Waals surface area (Å²) in [5.41, 5.74) is 1.82. The van der Waals surface area contributed by atoms with Gasteiger partial charge in [0.25, 0.3) is 0 Å². The fourth-order valence-corrected chi connectivity index (χ4v) is 2.56. The zero-order valence-electron chi connectivity index (χ0n) is 13.3. The number of hydrogen-bond donors (Lipinski definition) is 1. The fourth-order valence-electron chi connectivity index (χ4n) is 2.56. The Morgan fingerprint density at radius 1 is 1.35 bits per heavy atom. The van der Waals surface area contributed by atoms with Gasteiger partial charge in [-0.2, -0.15) is 0 Å². The van der Waals surface area contributed by atoms with E-state index >= 15 is 0 Å². The molecule has 0 bridgehead atoms. The van der Waals surface area contributed by atoms with Crippen molar-refractivity contribution in [1.29, 1.82) is 0 Å². The van der Waals surface area contributed by atoms with Gasteiger partial charge in [-0.25, -0.2) is 4.39 Å². The number of halogens is 1. The average molecular weight is 278 g/mol. The van der Waals surface area contributed by atoms with E-state index in [-0.39, 0.29) is 11.4 Å². The number of anilines is 1. The minimum absolute atomic E-state index is 0.0320. The Labute approximate surface area is 122 Å². The van der Waals surface area contributed by atoms with Crippen LogP contribution >= 0.6 is 0 Å². The van der Waals surface area contributed by atoms with Crippen molar-refractivity contribution in [3.8, 4) is 0 Å². The van der Waals surface area contributed by atoms with Crippen molar-refractivity contribution < 1.29 is 4.39 Å². The molecule has 112 valence electrons. The summed E-state index contributed by atoms with van der Waals surface area (Å²) in [7, 11) is 2.02. The van der Waals surface area contributed by atoms with Crippen LogP contribution in [0.1, 0.15) is 46.1 Å². The lowest BCUT2D eigenvalue weighted by atomic mass is 10.1. The quantitative estimate of drug-likeness (QED) is 0.877. The van der Waals surface area contributed by atoms with Crippen LogP contribution in [0.4, 0.5) is 10.1 Å². The van der Waals surface area contributed by atoms with Crippen LogP contribution in [0.15, 0.2) is 18.2 Å². The zero-order valence-corrected chi connectivity index (χ0v) is 13.3. The Morgan fingerprint density at radius 3 is 2.55 bits per heavy atom. The van der Waals surface area contributed by atoms with E-state index in [1.807, 2.05) is 13.1 Å². The van der Waals surface area contributed by atoms with E-state index in [9.17, 15) is 4.39 Å². The molecule has 2 nitrogen and oxygen atoms in total. The molecule has 1 aromatic carbocycles. The highest BCUT2D eigenvalue weighted by atomic mass is 19.1. The maximum absolute atomic E-state index is 14.3. The molecule has 20 heavy (non-hydrogen) atoms. The van der Waals surface area contributed by atoms with Crippen molar-refractivity contribution in [2.45, 2.75) is 58.7 Å². The molecule has 1 atom stereocenters. The van der Waals surface area contributed by atoms with E-state index in [2.05, 4.69) is 37.9 Å². The van der Waals surface area contributed by atoms with Gasteiger partial charge in [-0.1, -0.05) is 12.1 Å². The highest BCUT2D eigenvalue weighted by molar-refractivity contribution is 5.55. The van der Waals surface area contributed by atoms with Crippen molar-refractivity contribution in [1.82, 2.24) is 5.32 Å². The molecule has 1 N–H and O–H groups in total. The maximum atomic E-state index is 14.3. The normalized spacial score (nSPS) is 17.1. The van der Waals surface area contributed by atoms with Gasteiger partial charge in [-0.15, -0.1) is 0 Å². The van der Waals surface area contributed by atoms with E-state index in [0.29, 0.717) is 12.6 Å². The molecule has 1 aliphatic carbocycles. The maximum Gasteiger partial charge on any atom is 0.146 e. The predicted molar refractivity (Wildman–Crippen MR) is 83.6 cm³/mol. The van der Waals surface area contributed by atoms with E-state index in [1.165, 1.54) is 12.8 Å². The van der Waals surface area contributed by atoms with Crippen LogP contribution in [-0.2, 0) is 6.54 Å². The van der Waals surface area contributed by atoms with Crippen molar-refractivity contribution in [2.24, 2.45) is 5.92 Å². The van der Waals surface area contributed by atoms with Gasteiger partial charge in [0.2, 0.25) is 0 Å². The van der Waals surface area contributed by atoms with Crippen molar-refractivity contribution in [3.63, 3.8) is 0 Å². The Balaban J connectivity index is 2.21. The summed E-state index contributed by atoms with van der Waals surface area (Å²) < 4.78 is 14.3. The summed E-state index contributed by atoms with van der Waals surface area (Å²) in [6, 6.07) is 5.79. The molecule has 0 spiro atoms. The number of benzene rings is 1. The van der Waals surface area contributed by atoms with Crippen LogP contribution in [-0.4, -0.2) is 18.6 Å². The van der Waals surface area contributed by atoms with Gasteiger partial charge in [0.05, 0.1) is 5.69 Å². The summed E-state index contributed by atoms with van der Waals surface area (Å²) in [6.45, 7) is 9.27. The van der Waals surface area contributed by atoms with Crippen molar-refractivity contribution in [2.75, 3.05) is 11.9 Å². The Morgan fingerprint density at radius 2 is 2.00 bits per heavy atom. The third-order valence-corrected chi connectivity index (χ3v) is 4.15. The molecule has 1 unspecified atom stereocenters. The number of para-hydroxylation sites is 1. The zero-order chi connectivity index (χ0) is 14.9. The number of hydrogen-bond acceptors (Lipinski definition) is 2. The fraction of sp³-hybridized carbons (Fsp3) is 0.647. The Bertz CT molecular complexity index is 461. The summed E-state index contributed by atoms with van der Waals surface area (Å²) in [5.74, 6) is 0.608. The van der Waals surface area contributed by atoms with Gasteiger partial charge >= 0.3 is 0 Å². The van der Waals surface area contributed by atoms with Gasteiger partial charge in [0.1, 0.15) is 5.82 Å². The largest absolute Gasteiger partial charge is 0.369 e. The summed E-state index contributed by atoms with van der Waals surface area (Å²) in [6.07, 6.45) is 2.55. The second kappa shape index (κ2) is 5.72. The molecule has 0 amide bonds. The lowest BCUT2D eigenvalue weighted by Gasteiger charge is -2.30. The first-order valence-corrected chi connectivity index (χ1v) is 7.55. The van der Waals surface area contributed by atoms with Crippen molar-refractivity contribution >= 4 is 5.69 Å². The molecule has 1 aliphatic rings. The molecule has 0 saturated heterocycles. The number of rotatable bonds is 5. The van der Waals surface area contributed by atoms with E-state index in [0.717, 1.165) is 17.2 Å². The lowest BCUT2D eigenvalue weighted by Crippen LogP contribution is -2.37. The minimum Gasteiger partial charge on any atom is -0.369 e. The predicted octanol–water partition coefficient (Wildman–Crippen LogP) is 3.95. The highest BCUT2D eigenvalue weighted by Gasteiger charge is 2.32. The lowest BCUT2D eigenvalue weighted by molar-refractivity contribution is 0.423. The molecule has 1 saturated carbocycles. The van der Waals surface area contributed by atoms with Crippen LogP contribution in [0.3, 0.4) is 0 Å².